The molecule has 2 nitrogen and oxygen atoms in total. The molecule has 0 aromatic heterocycles. The van der Waals surface area contributed by atoms with Crippen molar-refractivity contribution in [2.24, 2.45) is 22.4 Å². The van der Waals surface area contributed by atoms with Crippen LogP contribution in [0.4, 0.5) is 0 Å². The molecule has 3 aliphatic rings. The summed E-state index contributed by atoms with van der Waals surface area (Å²) >= 11 is 0. The van der Waals surface area contributed by atoms with E-state index in [-0.39, 0.29) is 5.41 Å². The smallest absolute Gasteiger partial charge is 0.129 e. The van der Waals surface area contributed by atoms with Gasteiger partial charge in [0.05, 0.1) is 11.1 Å². The molecule has 4 rings (SSSR count). The molecule has 2 atom stereocenters. The molecule has 88 valence electrons. The van der Waals surface area contributed by atoms with Gasteiger partial charge in [0.1, 0.15) is 6.61 Å². The van der Waals surface area contributed by atoms with E-state index in [4.69, 9.17) is 4.84 Å². The van der Waals surface area contributed by atoms with Gasteiger partial charge in [-0.1, -0.05) is 48.3 Å². The lowest BCUT2D eigenvalue weighted by molar-refractivity contribution is 0.142. The summed E-state index contributed by atoms with van der Waals surface area (Å²) < 4.78 is 0. The van der Waals surface area contributed by atoms with Crippen LogP contribution < -0.4 is 0 Å². The molecule has 2 aliphatic carbocycles. The van der Waals surface area contributed by atoms with Gasteiger partial charge in [-0.15, -0.1) is 0 Å². The van der Waals surface area contributed by atoms with Gasteiger partial charge in [0.15, 0.2) is 0 Å². The van der Waals surface area contributed by atoms with Crippen LogP contribution in [-0.4, -0.2) is 12.3 Å². The largest absolute Gasteiger partial charge is 0.395 e. The molecule has 1 aliphatic heterocycles. The Bertz CT molecular complexity index is 453. The van der Waals surface area contributed by atoms with Gasteiger partial charge in [-0.3, -0.25) is 0 Å². The Balaban J connectivity index is 1.73. The number of rotatable bonds is 1. The van der Waals surface area contributed by atoms with E-state index in [1.54, 1.807) is 0 Å². The van der Waals surface area contributed by atoms with E-state index in [0.717, 1.165) is 18.4 Å². The Morgan fingerprint density at radius 2 is 1.76 bits per heavy atom. The van der Waals surface area contributed by atoms with E-state index >= 15 is 0 Å². The van der Waals surface area contributed by atoms with Crippen molar-refractivity contribution < 1.29 is 4.84 Å². The molecule has 17 heavy (non-hydrogen) atoms. The summed E-state index contributed by atoms with van der Waals surface area (Å²) in [6, 6.07) is 10.6. The number of nitrogens with zero attached hydrogens (tertiary/aromatic N) is 1. The van der Waals surface area contributed by atoms with Gasteiger partial charge >= 0.3 is 0 Å². The van der Waals surface area contributed by atoms with Gasteiger partial charge in [0.25, 0.3) is 0 Å². The summed E-state index contributed by atoms with van der Waals surface area (Å²) in [4.78, 5) is 5.47. The number of oxime groups is 1. The molecule has 0 amide bonds. The molecular weight excluding hydrogens is 210 g/mol. The van der Waals surface area contributed by atoms with Crippen LogP contribution in [-0.2, 0) is 4.84 Å². The van der Waals surface area contributed by atoms with Crippen molar-refractivity contribution in [3.05, 3.63) is 35.9 Å². The number of fused-ring (bicyclic) bond motifs is 3. The van der Waals surface area contributed by atoms with E-state index in [1.807, 2.05) is 0 Å². The van der Waals surface area contributed by atoms with Gasteiger partial charge in [0.2, 0.25) is 0 Å². The lowest BCUT2D eigenvalue weighted by Gasteiger charge is -2.10. The zero-order chi connectivity index (χ0) is 11.3. The highest BCUT2D eigenvalue weighted by Crippen LogP contribution is 2.68. The van der Waals surface area contributed by atoms with E-state index in [0.29, 0.717) is 0 Å². The van der Waals surface area contributed by atoms with Crippen molar-refractivity contribution in [3.63, 3.8) is 0 Å². The molecule has 2 unspecified atom stereocenters. The topological polar surface area (TPSA) is 21.6 Å². The quantitative estimate of drug-likeness (QED) is 0.721. The zero-order valence-electron chi connectivity index (χ0n) is 9.93. The third kappa shape index (κ3) is 1.18. The second-order valence-electron chi connectivity index (χ2n) is 5.62. The summed E-state index contributed by atoms with van der Waals surface area (Å²) in [5.74, 6) is 1.69. The molecule has 0 bridgehead atoms. The second kappa shape index (κ2) is 3.34. The minimum atomic E-state index is 0.290. The fourth-order valence-electron chi connectivity index (χ4n) is 4.09. The predicted molar refractivity (Wildman–Crippen MR) is 66.8 cm³/mol. The Hall–Kier alpha value is -1.31. The highest BCUT2D eigenvalue weighted by atomic mass is 16.6. The third-order valence-electron chi connectivity index (χ3n) is 4.93. The van der Waals surface area contributed by atoms with Gasteiger partial charge in [-0.2, -0.15) is 0 Å². The van der Waals surface area contributed by atoms with E-state index in [9.17, 15) is 0 Å². The number of hydrogen-bond acceptors (Lipinski definition) is 2. The van der Waals surface area contributed by atoms with Crippen molar-refractivity contribution in [1.29, 1.82) is 0 Å². The van der Waals surface area contributed by atoms with Gasteiger partial charge in [-0.05, 0) is 24.7 Å². The normalized spacial score (nSPS) is 38.5. The fraction of sp³-hybridized carbons (Fsp3) is 0.533. The summed E-state index contributed by atoms with van der Waals surface area (Å²) in [6.07, 6.45) is 5.54. The van der Waals surface area contributed by atoms with E-state index in [2.05, 4.69) is 35.5 Å². The van der Waals surface area contributed by atoms with Crippen LogP contribution in [0.25, 0.3) is 0 Å². The lowest BCUT2D eigenvalue weighted by atomic mass is 9.91. The monoisotopic (exact) mass is 227 g/mol. The van der Waals surface area contributed by atoms with Crippen LogP contribution >= 0.6 is 0 Å². The van der Waals surface area contributed by atoms with Crippen LogP contribution in [0.3, 0.4) is 0 Å². The highest BCUT2D eigenvalue weighted by Gasteiger charge is 2.69. The Morgan fingerprint density at radius 1 is 1.06 bits per heavy atom. The predicted octanol–water partition coefficient (Wildman–Crippen LogP) is 3.23. The first-order valence-electron chi connectivity index (χ1n) is 6.69. The number of hydrogen-bond donors (Lipinski definition) is 0. The maximum Gasteiger partial charge on any atom is 0.129 e. The molecule has 1 heterocycles. The second-order valence-corrected chi connectivity index (χ2v) is 5.62. The SMILES string of the molecule is c1ccc(C2=NOCC23C2CCCCC23)cc1. The van der Waals surface area contributed by atoms with Gasteiger partial charge < -0.3 is 4.84 Å². The van der Waals surface area contributed by atoms with E-state index in [1.165, 1.54) is 37.0 Å². The summed E-state index contributed by atoms with van der Waals surface area (Å²) in [5.41, 5.74) is 2.78. The van der Waals surface area contributed by atoms with Crippen LogP contribution in [0.5, 0.6) is 0 Å². The molecule has 1 aromatic carbocycles. The first-order chi connectivity index (χ1) is 8.43. The van der Waals surface area contributed by atoms with Crippen molar-refractivity contribution in [3.8, 4) is 0 Å². The molecule has 0 saturated heterocycles. The first-order valence-corrected chi connectivity index (χ1v) is 6.69. The zero-order valence-corrected chi connectivity index (χ0v) is 9.93. The van der Waals surface area contributed by atoms with Crippen LogP contribution in [0, 0.1) is 17.3 Å². The average molecular weight is 227 g/mol. The Labute approximate surface area is 102 Å². The van der Waals surface area contributed by atoms with E-state index < -0.39 is 0 Å². The van der Waals surface area contributed by atoms with Crippen molar-refractivity contribution in [1.82, 2.24) is 0 Å². The molecule has 0 radical (unpaired) electrons. The van der Waals surface area contributed by atoms with Crippen molar-refractivity contribution >= 4 is 5.71 Å². The third-order valence-corrected chi connectivity index (χ3v) is 4.93. The van der Waals surface area contributed by atoms with Gasteiger partial charge in [0, 0.05) is 5.56 Å². The Kier molecular flexibility index (Phi) is 1.91. The fourth-order valence-corrected chi connectivity index (χ4v) is 4.09. The molecular formula is C15H17NO. The molecule has 2 heteroatoms. The van der Waals surface area contributed by atoms with Crippen molar-refractivity contribution in [2.75, 3.05) is 6.61 Å². The minimum Gasteiger partial charge on any atom is -0.395 e. The first kappa shape index (κ1) is 9.69. The molecule has 2 fully saturated rings. The summed E-state index contributed by atoms with van der Waals surface area (Å²) in [5, 5.41) is 4.36. The molecule has 1 spiro atoms. The summed E-state index contributed by atoms with van der Waals surface area (Å²) in [7, 11) is 0. The maximum atomic E-state index is 5.47. The maximum absolute atomic E-state index is 5.47. The molecule has 2 saturated carbocycles. The van der Waals surface area contributed by atoms with Crippen LogP contribution in [0.2, 0.25) is 0 Å². The number of benzene rings is 1. The molecule has 1 aromatic rings. The van der Waals surface area contributed by atoms with Crippen LogP contribution in [0.1, 0.15) is 31.2 Å². The minimum absolute atomic E-state index is 0.290. The van der Waals surface area contributed by atoms with Crippen LogP contribution in [0.15, 0.2) is 35.5 Å². The van der Waals surface area contributed by atoms with Gasteiger partial charge in [-0.25, -0.2) is 0 Å². The lowest BCUT2D eigenvalue weighted by Crippen LogP contribution is -2.19. The van der Waals surface area contributed by atoms with Crippen molar-refractivity contribution in [2.45, 2.75) is 25.7 Å². The Morgan fingerprint density at radius 3 is 2.47 bits per heavy atom. The average Bonchev–Trinajstić information content (AvgIpc) is 2.83. The standard InChI is InChI=1S/C15H17NO/c1-2-6-11(7-3-1)14-15(10-17-16-14)12-8-4-5-9-13(12)15/h1-3,6-7,12-13H,4-5,8-10H2. The highest BCUT2D eigenvalue weighted by molar-refractivity contribution is 6.07. The molecule has 0 N–H and O–H groups in total. The summed E-state index contributed by atoms with van der Waals surface area (Å²) in [6.45, 7) is 0.826.